The second-order valence-electron chi connectivity index (χ2n) is 6.73. The fourth-order valence-electron chi connectivity index (χ4n) is 3.54. The maximum absolute atomic E-state index is 12.8. The molecule has 0 saturated carbocycles. The first-order valence-corrected chi connectivity index (χ1v) is 8.68. The number of hydrogen-bond donors (Lipinski definition) is 0. The van der Waals surface area contributed by atoms with Crippen LogP contribution in [0.3, 0.4) is 0 Å². The Bertz CT molecular complexity index is 1000. The monoisotopic (exact) mass is 341 g/mol. The Morgan fingerprint density at radius 2 is 1.35 bits per heavy atom. The van der Waals surface area contributed by atoms with Gasteiger partial charge in [0.25, 0.3) is 11.8 Å². The van der Waals surface area contributed by atoms with Crippen LogP contribution in [0.25, 0.3) is 0 Å². The van der Waals surface area contributed by atoms with Crippen molar-refractivity contribution in [3.05, 3.63) is 100 Å². The lowest BCUT2D eigenvalue weighted by Gasteiger charge is -2.19. The maximum Gasteiger partial charge on any atom is 0.266 e. The summed E-state index contributed by atoms with van der Waals surface area (Å²) in [6.45, 7) is 4.16. The summed E-state index contributed by atoms with van der Waals surface area (Å²) < 4.78 is 0. The average molecular weight is 341 g/mol. The van der Waals surface area contributed by atoms with Gasteiger partial charge in [-0.1, -0.05) is 54.1 Å². The Morgan fingerprint density at radius 3 is 2.00 bits per heavy atom. The minimum absolute atomic E-state index is 0.251. The van der Waals surface area contributed by atoms with Gasteiger partial charge in [0.15, 0.2) is 0 Å². The molecule has 4 rings (SSSR count). The van der Waals surface area contributed by atoms with E-state index >= 15 is 0 Å². The molecule has 0 atom stereocenters. The zero-order valence-corrected chi connectivity index (χ0v) is 14.8. The number of fused-ring (bicyclic) bond motifs is 1. The summed E-state index contributed by atoms with van der Waals surface area (Å²) in [7, 11) is 0. The first-order chi connectivity index (χ1) is 12.6. The van der Waals surface area contributed by atoms with E-state index in [1.807, 2.05) is 24.3 Å². The lowest BCUT2D eigenvalue weighted by molar-refractivity contribution is 0.0926. The molecule has 0 spiro atoms. The molecule has 2 amide bonds. The molecule has 0 saturated heterocycles. The van der Waals surface area contributed by atoms with Gasteiger partial charge in [-0.15, -0.1) is 0 Å². The summed E-state index contributed by atoms with van der Waals surface area (Å²) in [5, 5.41) is 0. The molecule has 0 fully saturated rings. The number of nitrogens with zero attached hydrogens (tertiary/aromatic N) is 1. The van der Waals surface area contributed by atoms with E-state index < -0.39 is 0 Å². The highest BCUT2D eigenvalue weighted by atomic mass is 16.2. The van der Waals surface area contributed by atoms with Crippen molar-refractivity contribution in [2.24, 2.45) is 0 Å². The average Bonchev–Trinajstić information content (AvgIpc) is 2.89. The number of benzene rings is 3. The molecule has 1 heterocycles. The third-order valence-corrected chi connectivity index (χ3v) is 4.91. The lowest BCUT2D eigenvalue weighted by Crippen LogP contribution is -2.30. The fourth-order valence-corrected chi connectivity index (χ4v) is 3.54. The largest absolute Gasteiger partial charge is 0.268 e. The highest BCUT2D eigenvalue weighted by molar-refractivity contribution is 6.34. The van der Waals surface area contributed by atoms with Crippen LogP contribution >= 0.6 is 0 Å². The van der Waals surface area contributed by atoms with Crippen LogP contribution in [-0.2, 0) is 6.42 Å². The zero-order valence-electron chi connectivity index (χ0n) is 14.8. The van der Waals surface area contributed by atoms with Crippen LogP contribution in [0.15, 0.2) is 66.7 Å². The van der Waals surface area contributed by atoms with Crippen molar-refractivity contribution >= 4 is 17.5 Å². The van der Waals surface area contributed by atoms with E-state index in [0.717, 1.165) is 5.56 Å². The Hall–Kier alpha value is -3.20. The van der Waals surface area contributed by atoms with E-state index in [4.69, 9.17) is 0 Å². The van der Waals surface area contributed by atoms with Crippen LogP contribution in [0, 0.1) is 13.8 Å². The number of aryl methyl sites for hydroxylation is 2. The number of hydrogen-bond acceptors (Lipinski definition) is 2. The first kappa shape index (κ1) is 16.3. The van der Waals surface area contributed by atoms with Crippen molar-refractivity contribution in [1.82, 2.24) is 0 Å². The topological polar surface area (TPSA) is 37.4 Å². The first-order valence-electron chi connectivity index (χ1n) is 8.68. The van der Waals surface area contributed by atoms with Crippen molar-refractivity contribution in [3.63, 3.8) is 0 Å². The van der Waals surface area contributed by atoms with Gasteiger partial charge in [0, 0.05) is 0 Å². The van der Waals surface area contributed by atoms with Crippen molar-refractivity contribution < 1.29 is 9.59 Å². The molecule has 0 unspecified atom stereocenters. The van der Waals surface area contributed by atoms with Gasteiger partial charge in [0.1, 0.15) is 0 Å². The molecular formula is C23H19NO2. The molecule has 3 aromatic carbocycles. The molecule has 3 aromatic rings. The Kier molecular flexibility index (Phi) is 3.92. The number of rotatable bonds is 3. The van der Waals surface area contributed by atoms with Gasteiger partial charge in [0.2, 0.25) is 0 Å². The molecular weight excluding hydrogens is 322 g/mol. The van der Waals surface area contributed by atoms with Crippen LogP contribution in [0.4, 0.5) is 5.69 Å². The van der Waals surface area contributed by atoms with Crippen molar-refractivity contribution in [3.8, 4) is 0 Å². The van der Waals surface area contributed by atoms with Crippen LogP contribution in [0.2, 0.25) is 0 Å². The summed E-state index contributed by atoms with van der Waals surface area (Å²) in [5.74, 6) is -0.502. The van der Waals surface area contributed by atoms with E-state index in [9.17, 15) is 9.59 Å². The zero-order chi connectivity index (χ0) is 18.3. The van der Waals surface area contributed by atoms with Crippen molar-refractivity contribution in [1.29, 1.82) is 0 Å². The van der Waals surface area contributed by atoms with Gasteiger partial charge in [0.05, 0.1) is 16.8 Å². The maximum atomic E-state index is 12.8. The molecule has 128 valence electrons. The third kappa shape index (κ3) is 2.62. The summed E-state index contributed by atoms with van der Waals surface area (Å²) in [4.78, 5) is 27.0. The molecule has 26 heavy (non-hydrogen) atoms. The van der Waals surface area contributed by atoms with E-state index in [1.54, 1.807) is 24.3 Å². The summed E-state index contributed by atoms with van der Waals surface area (Å²) in [5.41, 5.74) is 6.20. The van der Waals surface area contributed by atoms with Crippen LogP contribution in [0.1, 0.15) is 43.0 Å². The molecule has 0 aliphatic carbocycles. The predicted octanol–water partition coefficient (Wildman–Crippen LogP) is 4.69. The second-order valence-corrected chi connectivity index (χ2v) is 6.73. The highest BCUT2D eigenvalue weighted by Crippen LogP contribution is 2.32. The molecule has 3 heteroatoms. The number of carbonyl (C=O) groups excluding carboxylic acids is 2. The van der Waals surface area contributed by atoms with Crippen LogP contribution in [0.5, 0.6) is 0 Å². The van der Waals surface area contributed by atoms with Gasteiger partial charge < -0.3 is 0 Å². The standard InChI is InChI=1S/C23H19NO2/c1-15-11-12-17(16(2)13-15)14-18-7-3-6-10-21(18)24-22(25)19-8-4-5-9-20(19)23(24)26/h3-13H,14H2,1-2H3. The van der Waals surface area contributed by atoms with E-state index in [2.05, 4.69) is 32.0 Å². The summed E-state index contributed by atoms with van der Waals surface area (Å²) >= 11 is 0. The molecule has 1 aliphatic heterocycles. The van der Waals surface area contributed by atoms with Crippen LogP contribution in [-0.4, -0.2) is 11.8 Å². The van der Waals surface area contributed by atoms with Gasteiger partial charge in [-0.25, -0.2) is 4.90 Å². The summed E-state index contributed by atoms with van der Waals surface area (Å²) in [6.07, 6.45) is 0.676. The normalized spacial score (nSPS) is 13.2. The number of amides is 2. The minimum atomic E-state index is -0.251. The molecule has 3 nitrogen and oxygen atoms in total. The number of para-hydroxylation sites is 1. The van der Waals surface area contributed by atoms with E-state index in [-0.39, 0.29) is 11.8 Å². The Labute approximate surface area is 152 Å². The van der Waals surface area contributed by atoms with E-state index in [1.165, 1.54) is 21.6 Å². The molecule has 0 radical (unpaired) electrons. The number of anilines is 1. The van der Waals surface area contributed by atoms with Crippen molar-refractivity contribution in [2.45, 2.75) is 20.3 Å². The minimum Gasteiger partial charge on any atom is -0.268 e. The Morgan fingerprint density at radius 1 is 0.731 bits per heavy atom. The van der Waals surface area contributed by atoms with Gasteiger partial charge in [-0.05, 0) is 55.2 Å². The molecule has 0 N–H and O–H groups in total. The van der Waals surface area contributed by atoms with Gasteiger partial charge in [-0.2, -0.15) is 0 Å². The van der Waals surface area contributed by atoms with Gasteiger partial charge in [-0.3, -0.25) is 9.59 Å². The lowest BCUT2D eigenvalue weighted by atomic mass is 9.97. The molecule has 1 aliphatic rings. The fraction of sp³-hybridized carbons (Fsp3) is 0.130. The summed E-state index contributed by atoms with van der Waals surface area (Å²) in [6, 6.07) is 21.0. The van der Waals surface area contributed by atoms with Crippen LogP contribution < -0.4 is 4.90 Å². The second kappa shape index (κ2) is 6.26. The highest BCUT2D eigenvalue weighted by Gasteiger charge is 2.37. The quantitative estimate of drug-likeness (QED) is 0.648. The van der Waals surface area contributed by atoms with Gasteiger partial charge >= 0.3 is 0 Å². The predicted molar refractivity (Wildman–Crippen MR) is 103 cm³/mol. The third-order valence-electron chi connectivity index (χ3n) is 4.91. The Balaban J connectivity index is 1.76. The molecule has 0 bridgehead atoms. The number of imide groups is 1. The SMILES string of the molecule is Cc1ccc(Cc2ccccc2N2C(=O)c3ccccc3C2=O)c(C)c1. The van der Waals surface area contributed by atoms with E-state index in [0.29, 0.717) is 23.2 Å². The smallest absolute Gasteiger partial charge is 0.266 e. The number of carbonyl (C=O) groups is 2. The molecule has 0 aromatic heterocycles. The van der Waals surface area contributed by atoms with Crippen molar-refractivity contribution in [2.75, 3.05) is 4.90 Å².